The van der Waals surface area contributed by atoms with Gasteiger partial charge in [-0.15, -0.1) is 0 Å². The van der Waals surface area contributed by atoms with Crippen molar-refractivity contribution >= 4 is 10.9 Å². The number of hydrogen-bond donors (Lipinski definition) is 1. The second-order valence-corrected chi connectivity index (χ2v) is 6.12. The third-order valence-electron chi connectivity index (χ3n) is 4.80. The molecule has 2 unspecified atom stereocenters. The maximum absolute atomic E-state index is 6.11. The third kappa shape index (κ3) is 3.09. The molecule has 2 atom stereocenters. The number of pyridine rings is 1. The Bertz CT molecular complexity index is 596. The van der Waals surface area contributed by atoms with Gasteiger partial charge in [0.2, 0.25) is 0 Å². The number of nitrogens with two attached hydrogens (primary N) is 1. The van der Waals surface area contributed by atoms with Crippen LogP contribution in [0.4, 0.5) is 0 Å². The standard InChI is InChI=1S/C18H25N3/c1-2-14-5-4-10-21(13-14)18(12-19)16-7-8-17-15(11-16)6-3-9-20-17/h3,6-9,11,14,18H,2,4-5,10,12-13,19H2,1H3. The first-order valence-electron chi connectivity index (χ1n) is 8.10. The summed E-state index contributed by atoms with van der Waals surface area (Å²) in [6.07, 6.45) is 5.78. The van der Waals surface area contributed by atoms with E-state index in [0.717, 1.165) is 11.4 Å². The van der Waals surface area contributed by atoms with Crippen LogP contribution in [-0.4, -0.2) is 29.5 Å². The molecule has 0 radical (unpaired) electrons. The molecular weight excluding hydrogens is 258 g/mol. The quantitative estimate of drug-likeness (QED) is 0.935. The fraction of sp³-hybridized carbons (Fsp3) is 0.500. The van der Waals surface area contributed by atoms with Gasteiger partial charge in [-0.3, -0.25) is 9.88 Å². The summed E-state index contributed by atoms with van der Waals surface area (Å²) in [5.41, 5.74) is 8.50. The summed E-state index contributed by atoms with van der Waals surface area (Å²) in [5, 5.41) is 1.21. The van der Waals surface area contributed by atoms with Crippen LogP contribution < -0.4 is 5.73 Å². The van der Waals surface area contributed by atoms with Crippen molar-refractivity contribution < 1.29 is 0 Å². The van der Waals surface area contributed by atoms with Gasteiger partial charge in [-0.05, 0) is 49.1 Å². The zero-order chi connectivity index (χ0) is 14.7. The number of nitrogens with zero attached hydrogens (tertiary/aromatic N) is 2. The number of fused-ring (bicyclic) bond motifs is 1. The Labute approximate surface area is 127 Å². The number of benzene rings is 1. The molecule has 3 heteroatoms. The molecule has 0 saturated carbocycles. The summed E-state index contributed by atoms with van der Waals surface area (Å²) in [6, 6.07) is 11.0. The summed E-state index contributed by atoms with van der Waals surface area (Å²) in [7, 11) is 0. The Balaban J connectivity index is 1.86. The first-order chi connectivity index (χ1) is 10.3. The molecule has 1 aromatic heterocycles. The van der Waals surface area contributed by atoms with Gasteiger partial charge >= 0.3 is 0 Å². The first kappa shape index (κ1) is 14.5. The molecule has 1 fully saturated rings. The predicted octanol–water partition coefficient (Wildman–Crippen LogP) is 3.36. The molecule has 2 aromatic rings. The maximum atomic E-state index is 6.11. The van der Waals surface area contributed by atoms with Crippen molar-refractivity contribution in [1.82, 2.24) is 9.88 Å². The Hall–Kier alpha value is -1.45. The van der Waals surface area contributed by atoms with E-state index in [9.17, 15) is 0 Å². The molecule has 0 bridgehead atoms. The van der Waals surface area contributed by atoms with Crippen molar-refractivity contribution in [3.05, 3.63) is 42.1 Å². The van der Waals surface area contributed by atoms with Gasteiger partial charge < -0.3 is 5.73 Å². The van der Waals surface area contributed by atoms with Gasteiger partial charge in [0.1, 0.15) is 0 Å². The van der Waals surface area contributed by atoms with Crippen LogP contribution in [0.2, 0.25) is 0 Å². The Morgan fingerprint density at radius 2 is 2.29 bits per heavy atom. The molecule has 21 heavy (non-hydrogen) atoms. The van der Waals surface area contributed by atoms with Crippen LogP contribution in [0.15, 0.2) is 36.5 Å². The zero-order valence-corrected chi connectivity index (χ0v) is 12.8. The third-order valence-corrected chi connectivity index (χ3v) is 4.80. The van der Waals surface area contributed by atoms with Crippen LogP contribution in [0.5, 0.6) is 0 Å². The number of hydrogen-bond acceptors (Lipinski definition) is 3. The molecule has 0 amide bonds. The number of rotatable bonds is 4. The summed E-state index contributed by atoms with van der Waals surface area (Å²) in [6.45, 7) is 5.34. The van der Waals surface area contributed by atoms with Crippen LogP contribution in [0.1, 0.15) is 37.8 Å². The molecule has 1 aliphatic rings. The fourth-order valence-electron chi connectivity index (χ4n) is 3.51. The lowest BCUT2D eigenvalue weighted by molar-refractivity contribution is 0.124. The van der Waals surface area contributed by atoms with E-state index >= 15 is 0 Å². The lowest BCUT2D eigenvalue weighted by Gasteiger charge is -2.38. The van der Waals surface area contributed by atoms with Gasteiger partial charge in [-0.1, -0.05) is 25.5 Å². The molecular formula is C18H25N3. The monoisotopic (exact) mass is 283 g/mol. The van der Waals surface area contributed by atoms with Crippen molar-refractivity contribution in [2.24, 2.45) is 11.7 Å². The normalized spacial score (nSPS) is 21.5. The molecule has 2 heterocycles. The second kappa shape index (κ2) is 6.54. The molecule has 1 saturated heterocycles. The van der Waals surface area contributed by atoms with E-state index in [1.165, 1.54) is 43.3 Å². The molecule has 2 N–H and O–H groups in total. The highest BCUT2D eigenvalue weighted by molar-refractivity contribution is 5.79. The number of aromatic nitrogens is 1. The Kier molecular flexibility index (Phi) is 4.51. The summed E-state index contributed by atoms with van der Waals surface area (Å²) < 4.78 is 0. The SMILES string of the molecule is CCC1CCCN(C(CN)c2ccc3ncccc3c2)C1. The van der Waals surface area contributed by atoms with Crippen LogP contribution >= 0.6 is 0 Å². The van der Waals surface area contributed by atoms with Gasteiger partial charge in [0.25, 0.3) is 0 Å². The average molecular weight is 283 g/mol. The van der Waals surface area contributed by atoms with Crippen molar-refractivity contribution in [1.29, 1.82) is 0 Å². The molecule has 0 aliphatic carbocycles. The summed E-state index contributed by atoms with van der Waals surface area (Å²) in [4.78, 5) is 6.98. The van der Waals surface area contributed by atoms with E-state index in [1.807, 2.05) is 12.3 Å². The smallest absolute Gasteiger partial charge is 0.0702 e. The van der Waals surface area contributed by atoms with Crippen LogP contribution in [0.25, 0.3) is 10.9 Å². The highest BCUT2D eigenvalue weighted by Gasteiger charge is 2.25. The molecule has 3 nitrogen and oxygen atoms in total. The van der Waals surface area contributed by atoms with Crippen molar-refractivity contribution in [3.63, 3.8) is 0 Å². The van der Waals surface area contributed by atoms with Crippen molar-refractivity contribution in [2.75, 3.05) is 19.6 Å². The van der Waals surface area contributed by atoms with Crippen molar-refractivity contribution in [2.45, 2.75) is 32.2 Å². The van der Waals surface area contributed by atoms with Crippen LogP contribution in [0.3, 0.4) is 0 Å². The van der Waals surface area contributed by atoms with Gasteiger partial charge in [0.15, 0.2) is 0 Å². The molecule has 3 rings (SSSR count). The Morgan fingerprint density at radius 3 is 3.10 bits per heavy atom. The topological polar surface area (TPSA) is 42.1 Å². The lowest BCUT2D eigenvalue weighted by Crippen LogP contribution is -2.40. The van der Waals surface area contributed by atoms with Gasteiger partial charge in [-0.25, -0.2) is 0 Å². The highest BCUT2D eigenvalue weighted by atomic mass is 15.2. The Morgan fingerprint density at radius 1 is 1.38 bits per heavy atom. The minimum absolute atomic E-state index is 0.337. The molecule has 112 valence electrons. The first-order valence-corrected chi connectivity index (χ1v) is 8.10. The van der Waals surface area contributed by atoms with Gasteiger partial charge in [0, 0.05) is 30.7 Å². The summed E-state index contributed by atoms with van der Waals surface area (Å²) in [5.74, 6) is 0.829. The summed E-state index contributed by atoms with van der Waals surface area (Å²) >= 11 is 0. The molecule has 0 spiro atoms. The van der Waals surface area contributed by atoms with E-state index in [0.29, 0.717) is 12.6 Å². The molecule has 1 aliphatic heterocycles. The van der Waals surface area contributed by atoms with Crippen molar-refractivity contribution in [3.8, 4) is 0 Å². The average Bonchev–Trinajstić information content (AvgIpc) is 2.56. The van der Waals surface area contributed by atoms with Gasteiger partial charge in [0.05, 0.1) is 5.52 Å². The van der Waals surface area contributed by atoms with E-state index < -0.39 is 0 Å². The van der Waals surface area contributed by atoms with E-state index in [-0.39, 0.29) is 0 Å². The second-order valence-electron chi connectivity index (χ2n) is 6.12. The minimum Gasteiger partial charge on any atom is -0.329 e. The minimum atomic E-state index is 0.337. The fourth-order valence-corrected chi connectivity index (χ4v) is 3.51. The zero-order valence-electron chi connectivity index (χ0n) is 12.8. The van der Waals surface area contributed by atoms with Crippen LogP contribution in [0, 0.1) is 5.92 Å². The number of piperidine rings is 1. The largest absolute Gasteiger partial charge is 0.329 e. The van der Waals surface area contributed by atoms with Gasteiger partial charge in [-0.2, -0.15) is 0 Å². The lowest BCUT2D eigenvalue weighted by atomic mass is 9.92. The van der Waals surface area contributed by atoms with E-state index in [1.54, 1.807) is 0 Å². The maximum Gasteiger partial charge on any atom is 0.0702 e. The number of likely N-dealkylation sites (tertiary alicyclic amines) is 1. The van der Waals surface area contributed by atoms with E-state index in [2.05, 4.69) is 41.1 Å². The predicted molar refractivity (Wildman–Crippen MR) is 88.1 cm³/mol. The molecule has 1 aromatic carbocycles. The van der Waals surface area contributed by atoms with Crippen LogP contribution in [-0.2, 0) is 0 Å². The highest BCUT2D eigenvalue weighted by Crippen LogP contribution is 2.29. The van der Waals surface area contributed by atoms with E-state index in [4.69, 9.17) is 5.73 Å².